The third-order valence-corrected chi connectivity index (χ3v) is 5.21. The molecule has 0 radical (unpaired) electrons. The van der Waals surface area contributed by atoms with E-state index in [1.165, 1.54) is 18.2 Å². The summed E-state index contributed by atoms with van der Waals surface area (Å²) < 4.78 is 39.6. The average molecular weight is 427 g/mol. The number of benzene rings is 1. The molecule has 1 aliphatic heterocycles. The lowest BCUT2D eigenvalue weighted by atomic mass is 9.96. The fraction of sp³-hybridized carbons (Fsp3) is 0.273. The van der Waals surface area contributed by atoms with Crippen molar-refractivity contribution in [2.24, 2.45) is 5.92 Å². The van der Waals surface area contributed by atoms with Gasteiger partial charge in [0, 0.05) is 31.0 Å². The lowest BCUT2D eigenvalue weighted by Gasteiger charge is -2.32. The highest BCUT2D eigenvalue weighted by molar-refractivity contribution is 5.93. The number of pyridine rings is 1. The molecule has 0 bridgehead atoms. The Labute approximate surface area is 177 Å². The molecule has 3 heterocycles. The van der Waals surface area contributed by atoms with Crippen LogP contribution < -0.4 is 10.2 Å². The lowest BCUT2D eigenvalue weighted by molar-refractivity contribution is -0.137. The number of nitrogens with zero attached hydrogens (tertiary/aromatic N) is 4. The first kappa shape index (κ1) is 20.8. The molecule has 1 unspecified atom stereocenters. The van der Waals surface area contributed by atoms with Crippen molar-refractivity contribution in [2.75, 3.05) is 23.3 Å². The molecule has 1 atom stereocenters. The minimum absolute atomic E-state index is 0.224. The van der Waals surface area contributed by atoms with E-state index in [1.54, 1.807) is 12.4 Å². The molecule has 1 aliphatic rings. The van der Waals surface area contributed by atoms with Gasteiger partial charge in [-0.15, -0.1) is 10.2 Å². The summed E-state index contributed by atoms with van der Waals surface area (Å²) in [5, 5.41) is 11.0. The van der Waals surface area contributed by atoms with E-state index in [9.17, 15) is 18.0 Å². The van der Waals surface area contributed by atoms with E-state index < -0.39 is 23.6 Å². The normalized spacial score (nSPS) is 16.7. The van der Waals surface area contributed by atoms with E-state index in [1.807, 2.05) is 29.2 Å². The molecule has 31 heavy (non-hydrogen) atoms. The van der Waals surface area contributed by atoms with Gasteiger partial charge in [0.15, 0.2) is 5.82 Å². The number of para-hydroxylation sites is 1. The first-order valence-electron chi connectivity index (χ1n) is 9.88. The minimum atomic E-state index is -4.53. The van der Waals surface area contributed by atoms with E-state index >= 15 is 0 Å². The van der Waals surface area contributed by atoms with Crippen molar-refractivity contribution in [2.45, 2.75) is 19.0 Å². The topological polar surface area (TPSA) is 71.0 Å². The molecule has 1 aromatic carbocycles. The molecule has 1 amide bonds. The summed E-state index contributed by atoms with van der Waals surface area (Å²) in [7, 11) is 0. The van der Waals surface area contributed by atoms with Gasteiger partial charge >= 0.3 is 6.18 Å². The summed E-state index contributed by atoms with van der Waals surface area (Å²) in [6, 6.07) is 12.4. The van der Waals surface area contributed by atoms with Gasteiger partial charge in [0.25, 0.3) is 0 Å². The smallest absolute Gasteiger partial charge is 0.354 e. The molecule has 0 saturated carbocycles. The van der Waals surface area contributed by atoms with Crippen molar-refractivity contribution in [1.82, 2.24) is 15.2 Å². The van der Waals surface area contributed by atoms with E-state index in [-0.39, 0.29) is 5.69 Å². The molecule has 3 aromatic rings. The zero-order chi connectivity index (χ0) is 21.8. The first-order valence-corrected chi connectivity index (χ1v) is 9.88. The Kier molecular flexibility index (Phi) is 5.83. The maximum Gasteiger partial charge on any atom is 0.418 e. The molecule has 160 valence electrons. The third-order valence-electron chi connectivity index (χ3n) is 5.21. The largest absolute Gasteiger partial charge is 0.418 e. The fourth-order valence-corrected chi connectivity index (χ4v) is 3.64. The van der Waals surface area contributed by atoms with Gasteiger partial charge in [-0.25, -0.2) is 0 Å². The van der Waals surface area contributed by atoms with Crippen LogP contribution in [-0.2, 0) is 11.0 Å². The number of halogens is 3. The molecule has 6 nitrogen and oxygen atoms in total. The fourth-order valence-electron chi connectivity index (χ4n) is 3.64. The number of carbonyl (C=O) groups excluding carboxylic acids is 1. The summed E-state index contributed by atoms with van der Waals surface area (Å²) >= 11 is 0. The number of carbonyl (C=O) groups is 1. The van der Waals surface area contributed by atoms with E-state index in [2.05, 4.69) is 20.5 Å². The molecule has 0 aliphatic carbocycles. The molecule has 1 saturated heterocycles. The van der Waals surface area contributed by atoms with E-state index in [0.29, 0.717) is 31.0 Å². The highest BCUT2D eigenvalue weighted by Gasteiger charge is 2.34. The number of hydrogen-bond acceptors (Lipinski definition) is 5. The van der Waals surface area contributed by atoms with Crippen molar-refractivity contribution >= 4 is 17.4 Å². The molecule has 9 heteroatoms. The van der Waals surface area contributed by atoms with Gasteiger partial charge in [-0.1, -0.05) is 12.1 Å². The Hall–Kier alpha value is -3.49. The number of piperidine rings is 1. The number of hydrogen-bond donors (Lipinski definition) is 1. The van der Waals surface area contributed by atoms with Gasteiger partial charge < -0.3 is 10.2 Å². The van der Waals surface area contributed by atoms with Crippen molar-refractivity contribution in [3.8, 4) is 11.3 Å². The molecule has 1 fully saturated rings. The summed E-state index contributed by atoms with van der Waals surface area (Å²) in [5.41, 5.74) is 0.457. The van der Waals surface area contributed by atoms with Crippen molar-refractivity contribution in [3.63, 3.8) is 0 Å². The van der Waals surface area contributed by atoms with Crippen LogP contribution in [0.1, 0.15) is 18.4 Å². The second kappa shape index (κ2) is 8.71. The van der Waals surface area contributed by atoms with Gasteiger partial charge in [-0.2, -0.15) is 13.2 Å². The van der Waals surface area contributed by atoms with Crippen LogP contribution in [0.5, 0.6) is 0 Å². The molecule has 4 rings (SSSR count). The molecule has 2 aromatic heterocycles. The van der Waals surface area contributed by atoms with Crippen LogP contribution >= 0.6 is 0 Å². The van der Waals surface area contributed by atoms with Crippen LogP contribution in [0, 0.1) is 5.92 Å². The molecular formula is C22H20F3N5O. The van der Waals surface area contributed by atoms with Crippen LogP contribution in [0.4, 0.5) is 24.7 Å². The Morgan fingerprint density at radius 1 is 1.06 bits per heavy atom. The maximum atomic E-state index is 13.2. The van der Waals surface area contributed by atoms with Crippen molar-refractivity contribution < 1.29 is 18.0 Å². The predicted octanol–water partition coefficient (Wildman–Crippen LogP) is 4.41. The van der Waals surface area contributed by atoms with Gasteiger partial charge in [-0.3, -0.25) is 9.78 Å². The van der Waals surface area contributed by atoms with Crippen LogP contribution in [0.2, 0.25) is 0 Å². The van der Waals surface area contributed by atoms with Crippen LogP contribution in [0.3, 0.4) is 0 Å². The predicted molar refractivity (Wildman–Crippen MR) is 110 cm³/mol. The standard InChI is InChI=1S/C22H20F3N5O/c23-22(24,25)17-7-1-2-8-19(17)27-21(31)16-6-4-12-30(14-16)20-10-9-18(28-29-20)15-5-3-11-26-13-15/h1-3,5,7-11,13,16H,4,6,12,14H2,(H,27,31). The van der Waals surface area contributed by atoms with Crippen LogP contribution in [0.25, 0.3) is 11.3 Å². The highest BCUT2D eigenvalue weighted by atomic mass is 19.4. The number of nitrogens with one attached hydrogen (secondary N) is 1. The lowest BCUT2D eigenvalue weighted by Crippen LogP contribution is -2.41. The van der Waals surface area contributed by atoms with Gasteiger partial charge in [0.05, 0.1) is 22.9 Å². The molecular weight excluding hydrogens is 407 g/mol. The van der Waals surface area contributed by atoms with Crippen molar-refractivity contribution in [3.05, 3.63) is 66.5 Å². The number of anilines is 2. The molecule has 1 N–H and O–H groups in total. The summed E-state index contributed by atoms with van der Waals surface area (Å²) in [5.74, 6) is -0.253. The summed E-state index contributed by atoms with van der Waals surface area (Å²) in [4.78, 5) is 18.7. The quantitative estimate of drug-likeness (QED) is 0.668. The average Bonchev–Trinajstić information content (AvgIpc) is 2.79. The van der Waals surface area contributed by atoms with Gasteiger partial charge in [0.2, 0.25) is 5.91 Å². The van der Waals surface area contributed by atoms with Crippen LogP contribution in [-0.4, -0.2) is 34.2 Å². The Morgan fingerprint density at radius 2 is 1.90 bits per heavy atom. The second-order valence-corrected chi connectivity index (χ2v) is 7.34. The molecule has 0 spiro atoms. The van der Waals surface area contributed by atoms with Crippen molar-refractivity contribution in [1.29, 1.82) is 0 Å². The second-order valence-electron chi connectivity index (χ2n) is 7.34. The van der Waals surface area contributed by atoms with Gasteiger partial charge in [0.1, 0.15) is 0 Å². The number of alkyl halides is 3. The SMILES string of the molecule is O=C(Nc1ccccc1C(F)(F)F)C1CCCN(c2ccc(-c3cccnc3)nn2)C1. The summed E-state index contributed by atoms with van der Waals surface area (Å²) in [6.45, 7) is 1.06. The monoisotopic (exact) mass is 427 g/mol. The van der Waals surface area contributed by atoms with E-state index in [0.717, 1.165) is 18.1 Å². The third kappa shape index (κ3) is 4.82. The first-order chi connectivity index (χ1) is 14.9. The Bertz CT molecular complexity index is 1040. The maximum absolute atomic E-state index is 13.2. The minimum Gasteiger partial charge on any atom is -0.354 e. The highest BCUT2D eigenvalue weighted by Crippen LogP contribution is 2.35. The van der Waals surface area contributed by atoms with E-state index in [4.69, 9.17) is 0 Å². The number of amides is 1. The zero-order valence-electron chi connectivity index (χ0n) is 16.5. The number of rotatable bonds is 4. The zero-order valence-corrected chi connectivity index (χ0v) is 16.5. The Morgan fingerprint density at radius 3 is 2.61 bits per heavy atom. The van der Waals surface area contributed by atoms with Crippen LogP contribution in [0.15, 0.2) is 60.9 Å². The Balaban J connectivity index is 1.45. The van der Waals surface area contributed by atoms with Gasteiger partial charge in [-0.05, 0) is 49.2 Å². The summed E-state index contributed by atoms with van der Waals surface area (Å²) in [6.07, 6.45) is 0.165. The number of aromatic nitrogens is 3.